The zero-order valence-corrected chi connectivity index (χ0v) is 14.8. The van der Waals surface area contributed by atoms with Crippen molar-refractivity contribution in [1.29, 1.82) is 0 Å². The lowest BCUT2D eigenvalue weighted by Gasteiger charge is -2.31. The Kier molecular flexibility index (Phi) is 5.74. The van der Waals surface area contributed by atoms with Gasteiger partial charge in [0.25, 0.3) is 0 Å². The van der Waals surface area contributed by atoms with Gasteiger partial charge in [-0.25, -0.2) is 0 Å². The lowest BCUT2D eigenvalue weighted by Crippen LogP contribution is -2.38. The largest absolute Gasteiger partial charge is 0.389 e. The molecule has 1 aromatic rings. The Labute approximate surface area is 149 Å². The van der Waals surface area contributed by atoms with E-state index in [-0.39, 0.29) is 18.2 Å². The van der Waals surface area contributed by atoms with Gasteiger partial charge >= 0.3 is 0 Å². The number of benzene rings is 1. The maximum Gasteiger partial charge on any atom is 0.223 e. The van der Waals surface area contributed by atoms with E-state index in [0.29, 0.717) is 32.4 Å². The molecule has 0 aromatic heterocycles. The molecular formula is C20H28N2O3. The summed E-state index contributed by atoms with van der Waals surface area (Å²) in [6, 6.07) is 7.92. The van der Waals surface area contributed by atoms with Crippen LogP contribution in [-0.2, 0) is 22.7 Å². The van der Waals surface area contributed by atoms with Gasteiger partial charge in [-0.05, 0) is 30.4 Å². The van der Waals surface area contributed by atoms with Gasteiger partial charge in [0.15, 0.2) is 0 Å². The van der Waals surface area contributed by atoms with Gasteiger partial charge in [-0.15, -0.1) is 0 Å². The Bertz CT molecular complexity index is 623. The third kappa shape index (κ3) is 4.82. The van der Waals surface area contributed by atoms with Crippen LogP contribution in [0.2, 0.25) is 0 Å². The number of amides is 2. The molecule has 1 saturated carbocycles. The normalized spacial score (nSPS) is 19.9. The van der Waals surface area contributed by atoms with Crippen molar-refractivity contribution in [2.45, 2.75) is 70.1 Å². The van der Waals surface area contributed by atoms with Crippen LogP contribution in [0.25, 0.3) is 0 Å². The summed E-state index contributed by atoms with van der Waals surface area (Å²) >= 11 is 0. The number of carbonyl (C=O) groups is 2. The summed E-state index contributed by atoms with van der Waals surface area (Å²) in [4.78, 5) is 26.0. The van der Waals surface area contributed by atoms with Gasteiger partial charge in [0.1, 0.15) is 0 Å². The second kappa shape index (κ2) is 8.00. The van der Waals surface area contributed by atoms with Crippen LogP contribution in [0.15, 0.2) is 24.3 Å². The zero-order chi connectivity index (χ0) is 17.7. The first-order valence-electron chi connectivity index (χ1n) is 9.39. The Morgan fingerprint density at radius 1 is 1.12 bits per heavy atom. The average molecular weight is 344 g/mol. The van der Waals surface area contributed by atoms with Crippen molar-refractivity contribution >= 4 is 11.8 Å². The third-order valence-corrected chi connectivity index (χ3v) is 5.40. The SMILES string of the molecule is O=C(CC1(O)CCCCC1)NCc1ccccc1CN1CCCC1=O. The number of nitrogens with zero attached hydrogens (tertiary/aromatic N) is 1. The van der Waals surface area contributed by atoms with E-state index in [1.807, 2.05) is 29.2 Å². The summed E-state index contributed by atoms with van der Waals surface area (Å²) in [6.45, 7) is 1.86. The lowest BCUT2D eigenvalue weighted by molar-refractivity contribution is -0.129. The molecule has 3 rings (SSSR count). The maximum absolute atomic E-state index is 12.3. The Morgan fingerprint density at radius 2 is 1.84 bits per heavy atom. The monoisotopic (exact) mass is 344 g/mol. The van der Waals surface area contributed by atoms with Crippen LogP contribution in [-0.4, -0.2) is 34.0 Å². The fourth-order valence-electron chi connectivity index (χ4n) is 3.90. The average Bonchev–Trinajstić information content (AvgIpc) is 2.99. The second-order valence-corrected chi connectivity index (χ2v) is 7.43. The molecule has 1 saturated heterocycles. The van der Waals surface area contributed by atoms with E-state index in [1.54, 1.807) is 0 Å². The highest BCUT2D eigenvalue weighted by Gasteiger charge is 2.31. The molecule has 0 radical (unpaired) electrons. The molecule has 2 amide bonds. The number of carbonyl (C=O) groups excluding carboxylic acids is 2. The molecule has 2 aliphatic rings. The van der Waals surface area contributed by atoms with Crippen molar-refractivity contribution in [3.05, 3.63) is 35.4 Å². The van der Waals surface area contributed by atoms with Crippen molar-refractivity contribution in [2.75, 3.05) is 6.54 Å². The van der Waals surface area contributed by atoms with Crippen molar-refractivity contribution in [1.82, 2.24) is 10.2 Å². The van der Waals surface area contributed by atoms with Crippen LogP contribution < -0.4 is 5.32 Å². The topological polar surface area (TPSA) is 69.6 Å². The van der Waals surface area contributed by atoms with Gasteiger partial charge in [0.05, 0.1) is 12.0 Å². The number of likely N-dealkylation sites (tertiary alicyclic amines) is 1. The van der Waals surface area contributed by atoms with Gasteiger partial charge in [0, 0.05) is 26.1 Å². The molecule has 2 fully saturated rings. The number of hydrogen-bond acceptors (Lipinski definition) is 3. The molecule has 2 N–H and O–H groups in total. The molecule has 0 spiro atoms. The molecule has 1 aliphatic heterocycles. The highest BCUT2D eigenvalue weighted by atomic mass is 16.3. The van der Waals surface area contributed by atoms with Crippen LogP contribution in [0, 0.1) is 0 Å². The van der Waals surface area contributed by atoms with Crippen LogP contribution in [0.5, 0.6) is 0 Å². The summed E-state index contributed by atoms with van der Waals surface area (Å²) in [5.41, 5.74) is 1.28. The van der Waals surface area contributed by atoms with Crippen LogP contribution in [0.1, 0.15) is 62.5 Å². The van der Waals surface area contributed by atoms with E-state index in [4.69, 9.17) is 0 Å². The van der Waals surface area contributed by atoms with E-state index in [9.17, 15) is 14.7 Å². The summed E-state index contributed by atoms with van der Waals surface area (Å²) in [6.07, 6.45) is 6.31. The number of aliphatic hydroxyl groups is 1. The third-order valence-electron chi connectivity index (χ3n) is 5.40. The van der Waals surface area contributed by atoms with Gasteiger partial charge in [-0.2, -0.15) is 0 Å². The molecule has 136 valence electrons. The first kappa shape index (κ1) is 17.9. The summed E-state index contributed by atoms with van der Waals surface area (Å²) in [5.74, 6) is 0.106. The van der Waals surface area contributed by atoms with Crippen molar-refractivity contribution < 1.29 is 14.7 Å². The standard InChI is InChI=1S/C20H28N2O3/c23-18(13-20(25)10-4-1-5-11-20)21-14-16-7-2-3-8-17(16)15-22-12-6-9-19(22)24/h2-3,7-8,25H,1,4-6,9-15H2,(H,21,23). The van der Waals surface area contributed by atoms with Crippen molar-refractivity contribution in [3.63, 3.8) is 0 Å². The molecule has 5 heteroatoms. The minimum atomic E-state index is -0.830. The Balaban J connectivity index is 1.55. The summed E-state index contributed by atoms with van der Waals surface area (Å²) in [7, 11) is 0. The van der Waals surface area contributed by atoms with Gasteiger partial charge in [-0.1, -0.05) is 43.5 Å². The zero-order valence-electron chi connectivity index (χ0n) is 14.8. The van der Waals surface area contributed by atoms with Crippen LogP contribution in [0.3, 0.4) is 0 Å². The predicted octanol–water partition coefficient (Wildman–Crippen LogP) is 2.51. The minimum Gasteiger partial charge on any atom is -0.389 e. The molecule has 1 heterocycles. The van der Waals surface area contributed by atoms with Gasteiger partial charge < -0.3 is 15.3 Å². The number of hydrogen-bond donors (Lipinski definition) is 2. The Morgan fingerprint density at radius 3 is 2.52 bits per heavy atom. The van der Waals surface area contributed by atoms with Crippen LogP contribution in [0.4, 0.5) is 0 Å². The van der Waals surface area contributed by atoms with Crippen LogP contribution >= 0.6 is 0 Å². The fraction of sp³-hybridized carbons (Fsp3) is 0.600. The molecule has 0 unspecified atom stereocenters. The maximum atomic E-state index is 12.3. The van der Waals surface area contributed by atoms with E-state index in [2.05, 4.69) is 5.32 Å². The molecule has 5 nitrogen and oxygen atoms in total. The van der Waals surface area contributed by atoms with Gasteiger partial charge in [0.2, 0.25) is 11.8 Å². The molecule has 0 bridgehead atoms. The van der Waals surface area contributed by atoms with Crippen molar-refractivity contribution in [2.24, 2.45) is 0 Å². The number of nitrogens with one attached hydrogen (secondary N) is 1. The molecule has 1 aliphatic carbocycles. The van der Waals surface area contributed by atoms with Gasteiger partial charge in [-0.3, -0.25) is 9.59 Å². The smallest absolute Gasteiger partial charge is 0.223 e. The summed E-state index contributed by atoms with van der Waals surface area (Å²) < 4.78 is 0. The minimum absolute atomic E-state index is 0.101. The van der Waals surface area contributed by atoms with E-state index >= 15 is 0 Å². The molecule has 0 atom stereocenters. The first-order valence-corrected chi connectivity index (χ1v) is 9.39. The lowest BCUT2D eigenvalue weighted by atomic mass is 9.82. The fourth-order valence-corrected chi connectivity index (χ4v) is 3.90. The molecule has 25 heavy (non-hydrogen) atoms. The summed E-state index contributed by atoms with van der Waals surface area (Å²) in [5, 5.41) is 13.5. The van der Waals surface area contributed by atoms with E-state index in [1.165, 1.54) is 0 Å². The first-order chi connectivity index (χ1) is 12.1. The van der Waals surface area contributed by atoms with Crippen molar-refractivity contribution in [3.8, 4) is 0 Å². The highest BCUT2D eigenvalue weighted by Crippen LogP contribution is 2.30. The van der Waals surface area contributed by atoms with E-state index < -0.39 is 5.60 Å². The highest BCUT2D eigenvalue weighted by molar-refractivity contribution is 5.78. The number of rotatable bonds is 6. The molecule has 1 aromatic carbocycles. The quantitative estimate of drug-likeness (QED) is 0.833. The van der Waals surface area contributed by atoms with E-state index in [0.717, 1.165) is 43.4 Å². The Hall–Kier alpha value is -1.88. The molecular weight excluding hydrogens is 316 g/mol. The predicted molar refractivity (Wildman–Crippen MR) is 95.6 cm³/mol. The second-order valence-electron chi connectivity index (χ2n) is 7.43.